The summed E-state index contributed by atoms with van der Waals surface area (Å²) in [4.78, 5) is 10.4. The van der Waals surface area contributed by atoms with Crippen molar-refractivity contribution in [2.75, 3.05) is 0 Å². The van der Waals surface area contributed by atoms with E-state index in [2.05, 4.69) is 15.9 Å². The first-order chi connectivity index (χ1) is 9.52. The number of benzene rings is 2. The van der Waals surface area contributed by atoms with Gasteiger partial charge in [0.05, 0.1) is 10.5 Å². The Morgan fingerprint density at radius 2 is 2.05 bits per heavy atom. The summed E-state index contributed by atoms with van der Waals surface area (Å²) in [6, 6.07) is 11.7. The summed E-state index contributed by atoms with van der Waals surface area (Å²) in [6.45, 7) is 1.87. The molecule has 2 aromatic rings. The lowest BCUT2D eigenvalue weighted by molar-refractivity contribution is -0.385. The molecule has 0 spiro atoms. The molecule has 0 aliphatic rings. The minimum atomic E-state index is -0.503. The van der Waals surface area contributed by atoms with Crippen LogP contribution in [0.15, 0.2) is 40.9 Å². The zero-order valence-corrected chi connectivity index (χ0v) is 12.0. The van der Waals surface area contributed by atoms with Gasteiger partial charge >= 0.3 is 0 Å². The Bertz CT molecular complexity index is 723. The molecule has 0 amide bonds. The van der Waals surface area contributed by atoms with E-state index in [4.69, 9.17) is 10.00 Å². The Morgan fingerprint density at radius 1 is 1.30 bits per heavy atom. The van der Waals surface area contributed by atoms with E-state index in [0.717, 1.165) is 5.56 Å². The van der Waals surface area contributed by atoms with Gasteiger partial charge in [0.25, 0.3) is 5.69 Å². The maximum Gasteiger partial charge on any atom is 0.287 e. The van der Waals surface area contributed by atoms with Crippen LogP contribution in [0.2, 0.25) is 0 Å². The third-order valence-electron chi connectivity index (χ3n) is 2.62. The van der Waals surface area contributed by atoms with Crippen LogP contribution in [0.5, 0.6) is 11.5 Å². The lowest BCUT2D eigenvalue weighted by atomic mass is 10.1. The average molecular weight is 333 g/mol. The number of ether oxygens (including phenoxy) is 1. The SMILES string of the molecule is Cc1ccc(Oc2cccc([N+](=O)[O-])c2Br)c(C#N)c1. The number of nitrogens with zero attached hydrogens (tertiary/aromatic N) is 2. The van der Waals surface area contributed by atoms with E-state index < -0.39 is 4.92 Å². The average Bonchev–Trinajstić information content (AvgIpc) is 2.42. The number of aryl methyl sites for hydroxylation is 1. The number of halogens is 1. The first-order valence-corrected chi connectivity index (χ1v) is 6.43. The molecular weight excluding hydrogens is 324 g/mol. The molecule has 2 aromatic carbocycles. The van der Waals surface area contributed by atoms with Crippen molar-refractivity contribution in [3.05, 3.63) is 62.1 Å². The highest BCUT2D eigenvalue weighted by molar-refractivity contribution is 9.10. The van der Waals surface area contributed by atoms with Crippen LogP contribution in [-0.4, -0.2) is 4.92 Å². The molecule has 0 aromatic heterocycles. The molecule has 20 heavy (non-hydrogen) atoms. The molecule has 0 bridgehead atoms. The van der Waals surface area contributed by atoms with E-state index in [9.17, 15) is 10.1 Å². The van der Waals surface area contributed by atoms with Crippen LogP contribution in [0.25, 0.3) is 0 Å². The fraction of sp³-hybridized carbons (Fsp3) is 0.0714. The predicted molar refractivity (Wildman–Crippen MR) is 76.8 cm³/mol. The predicted octanol–water partition coefficient (Wildman–Crippen LogP) is 4.33. The van der Waals surface area contributed by atoms with E-state index in [1.54, 1.807) is 24.3 Å². The quantitative estimate of drug-likeness (QED) is 0.619. The van der Waals surface area contributed by atoms with Gasteiger partial charge < -0.3 is 4.74 Å². The molecule has 0 N–H and O–H groups in total. The van der Waals surface area contributed by atoms with Crippen molar-refractivity contribution in [1.29, 1.82) is 5.26 Å². The lowest BCUT2D eigenvalue weighted by Gasteiger charge is -2.09. The Kier molecular flexibility index (Phi) is 4.01. The Balaban J connectivity index is 2.44. The summed E-state index contributed by atoms with van der Waals surface area (Å²) in [7, 11) is 0. The van der Waals surface area contributed by atoms with Gasteiger partial charge in [-0.15, -0.1) is 0 Å². The van der Waals surface area contributed by atoms with E-state index in [-0.39, 0.29) is 10.2 Å². The second-order valence-corrected chi connectivity index (χ2v) is 4.85. The number of rotatable bonds is 3. The summed E-state index contributed by atoms with van der Waals surface area (Å²) in [5.41, 5.74) is 1.23. The highest BCUT2D eigenvalue weighted by Gasteiger charge is 2.17. The van der Waals surface area contributed by atoms with Gasteiger partial charge in [0, 0.05) is 6.07 Å². The Labute approximate surface area is 123 Å². The zero-order valence-electron chi connectivity index (χ0n) is 10.5. The van der Waals surface area contributed by atoms with Crippen LogP contribution in [0, 0.1) is 28.4 Å². The van der Waals surface area contributed by atoms with Gasteiger partial charge in [-0.3, -0.25) is 10.1 Å². The molecular formula is C14H9BrN2O3. The van der Waals surface area contributed by atoms with Gasteiger partial charge in [0.1, 0.15) is 22.0 Å². The number of nitro groups is 1. The number of hydrogen-bond acceptors (Lipinski definition) is 4. The highest BCUT2D eigenvalue weighted by atomic mass is 79.9. The van der Waals surface area contributed by atoms with Crippen LogP contribution in [0.4, 0.5) is 5.69 Å². The van der Waals surface area contributed by atoms with Gasteiger partial charge in [0.2, 0.25) is 0 Å². The molecule has 0 unspecified atom stereocenters. The fourth-order valence-electron chi connectivity index (χ4n) is 1.66. The van der Waals surface area contributed by atoms with Gasteiger partial charge in [-0.2, -0.15) is 5.26 Å². The molecule has 0 atom stereocenters. The molecule has 5 nitrogen and oxygen atoms in total. The fourth-order valence-corrected chi connectivity index (χ4v) is 2.15. The minimum absolute atomic E-state index is 0.0897. The first kappa shape index (κ1) is 14.0. The number of nitro benzene ring substituents is 1. The van der Waals surface area contributed by atoms with E-state index >= 15 is 0 Å². The van der Waals surface area contributed by atoms with Crippen molar-refractivity contribution in [3.8, 4) is 17.6 Å². The van der Waals surface area contributed by atoms with Crippen molar-refractivity contribution in [3.63, 3.8) is 0 Å². The Morgan fingerprint density at radius 3 is 2.70 bits per heavy atom. The van der Waals surface area contributed by atoms with Gasteiger partial charge in [0.15, 0.2) is 0 Å². The van der Waals surface area contributed by atoms with Crippen LogP contribution >= 0.6 is 15.9 Å². The van der Waals surface area contributed by atoms with Crippen LogP contribution in [0.1, 0.15) is 11.1 Å². The van der Waals surface area contributed by atoms with Crippen molar-refractivity contribution in [2.45, 2.75) is 6.92 Å². The zero-order chi connectivity index (χ0) is 14.7. The molecule has 0 radical (unpaired) electrons. The van der Waals surface area contributed by atoms with Crippen molar-refractivity contribution in [1.82, 2.24) is 0 Å². The van der Waals surface area contributed by atoms with Crippen molar-refractivity contribution in [2.24, 2.45) is 0 Å². The second kappa shape index (κ2) is 5.72. The third-order valence-corrected chi connectivity index (χ3v) is 3.41. The van der Waals surface area contributed by atoms with Gasteiger partial charge in [-0.25, -0.2) is 0 Å². The maximum atomic E-state index is 10.9. The van der Waals surface area contributed by atoms with Crippen molar-refractivity contribution >= 4 is 21.6 Å². The first-order valence-electron chi connectivity index (χ1n) is 5.64. The summed E-state index contributed by atoms with van der Waals surface area (Å²) < 4.78 is 5.85. The molecule has 0 aliphatic heterocycles. The molecule has 0 heterocycles. The van der Waals surface area contributed by atoms with Crippen molar-refractivity contribution < 1.29 is 9.66 Å². The normalized spacial score (nSPS) is 9.85. The largest absolute Gasteiger partial charge is 0.455 e. The molecule has 2 rings (SSSR count). The van der Waals surface area contributed by atoms with E-state index in [1.165, 1.54) is 12.1 Å². The van der Waals surface area contributed by atoms with Crippen LogP contribution in [-0.2, 0) is 0 Å². The minimum Gasteiger partial charge on any atom is -0.455 e. The van der Waals surface area contributed by atoms with E-state index in [1.807, 2.05) is 13.0 Å². The lowest BCUT2D eigenvalue weighted by Crippen LogP contribution is -1.94. The summed E-state index contributed by atoms with van der Waals surface area (Å²) in [6.07, 6.45) is 0. The van der Waals surface area contributed by atoms with Gasteiger partial charge in [-0.1, -0.05) is 12.1 Å². The number of nitriles is 1. The molecule has 0 aliphatic carbocycles. The Hall–Kier alpha value is -2.39. The van der Waals surface area contributed by atoms with Crippen LogP contribution < -0.4 is 4.74 Å². The third kappa shape index (κ3) is 2.78. The standard InChI is InChI=1S/C14H9BrN2O3/c1-9-5-6-12(10(7-9)8-16)20-13-4-2-3-11(14(13)15)17(18)19/h2-7H,1H3. The topological polar surface area (TPSA) is 76.2 Å². The highest BCUT2D eigenvalue weighted by Crippen LogP contribution is 2.37. The smallest absolute Gasteiger partial charge is 0.287 e. The molecule has 0 saturated carbocycles. The van der Waals surface area contributed by atoms with Gasteiger partial charge in [-0.05, 0) is 46.6 Å². The van der Waals surface area contributed by atoms with Crippen LogP contribution in [0.3, 0.4) is 0 Å². The number of hydrogen-bond donors (Lipinski definition) is 0. The molecule has 0 fully saturated rings. The maximum absolute atomic E-state index is 10.9. The monoisotopic (exact) mass is 332 g/mol. The molecule has 0 saturated heterocycles. The summed E-state index contributed by atoms with van der Waals surface area (Å²) >= 11 is 3.15. The van der Waals surface area contributed by atoms with E-state index in [0.29, 0.717) is 17.1 Å². The summed E-state index contributed by atoms with van der Waals surface area (Å²) in [5.74, 6) is 0.652. The summed E-state index contributed by atoms with van der Waals surface area (Å²) in [5, 5.41) is 19.9. The molecule has 6 heteroatoms. The second-order valence-electron chi connectivity index (χ2n) is 4.06. The molecule has 100 valence electrons.